The standard InChI is InChI=1S/C10H14O/c11-10-6-8-3-1-2-4-9(5-8)7-10/h6,9H,1-5,7H2/t9-/m1/s1. The second-order valence-electron chi connectivity index (χ2n) is 3.79. The zero-order valence-electron chi connectivity index (χ0n) is 6.81. The molecule has 0 heterocycles. The molecule has 0 unspecified atom stereocenters. The van der Waals surface area contributed by atoms with Crippen molar-refractivity contribution in [3.63, 3.8) is 0 Å². The van der Waals surface area contributed by atoms with E-state index in [0.29, 0.717) is 11.7 Å². The number of hydrogen-bond acceptors (Lipinski definition) is 1. The second kappa shape index (κ2) is 2.80. The van der Waals surface area contributed by atoms with Gasteiger partial charge in [0.2, 0.25) is 0 Å². The van der Waals surface area contributed by atoms with Gasteiger partial charge in [0.25, 0.3) is 0 Å². The fraction of sp³-hybridized carbons (Fsp3) is 0.700. The van der Waals surface area contributed by atoms with E-state index in [0.717, 1.165) is 6.42 Å². The number of hydrogen-bond donors (Lipinski definition) is 0. The molecule has 2 rings (SSSR count). The highest BCUT2D eigenvalue weighted by Gasteiger charge is 2.22. The molecule has 1 nitrogen and oxygen atoms in total. The Hall–Kier alpha value is -0.590. The minimum absolute atomic E-state index is 0.373. The molecule has 0 aromatic carbocycles. The number of ketones is 1. The van der Waals surface area contributed by atoms with Crippen molar-refractivity contribution in [2.24, 2.45) is 5.92 Å². The molecule has 1 fully saturated rings. The molecule has 2 aliphatic rings. The normalized spacial score (nSPS) is 31.1. The molecule has 0 spiro atoms. The van der Waals surface area contributed by atoms with E-state index in [-0.39, 0.29) is 0 Å². The highest BCUT2D eigenvalue weighted by molar-refractivity contribution is 5.91. The van der Waals surface area contributed by atoms with Crippen LogP contribution in [0, 0.1) is 5.92 Å². The summed E-state index contributed by atoms with van der Waals surface area (Å²) in [5.41, 5.74) is 1.42. The maximum Gasteiger partial charge on any atom is 0.155 e. The topological polar surface area (TPSA) is 17.1 Å². The van der Waals surface area contributed by atoms with Crippen LogP contribution < -0.4 is 0 Å². The Bertz CT molecular complexity index is 203. The van der Waals surface area contributed by atoms with Crippen molar-refractivity contribution in [1.82, 2.24) is 0 Å². The highest BCUT2D eigenvalue weighted by Crippen LogP contribution is 2.32. The number of fused-ring (bicyclic) bond motifs is 2. The Balaban J connectivity index is 2.19. The number of allylic oxidation sites excluding steroid dienone is 2. The van der Waals surface area contributed by atoms with Crippen LogP contribution >= 0.6 is 0 Å². The van der Waals surface area contributed by atoms with E-state index in [4.69, 9.17) is 0 Å². The van der Waals surface area contributed by atoms with Gasteiger partial charge in [-0.25, -0.2) is 0 Å². The number of rotatable bonds is 0. The average Bonchev–Trinajstić information content (AvgIpc) is 2.11. The summed E-state index contributed by atoms with van der Waals surface area (Å²) in [5.74, 6) is 1.07. The molecular weight excluding hydrogens is 136 g/mol. The zero-order chi connectivity index (χ0) is 7.68. The lowest BCUT2D eigenvalue weighted by Crippen LogP contribution is -2.11. The SMILES string of the molecule is O=C1C=C2CCCC[C@@H](C1)C2. The third kappa shape index (κ3) is 1.52. The summed E-state index contributed by atoms with van der Waals surface area (Å²) < 4.78 is 0. The third-order valence-electron chi connectivity index (χ3n) is 2.77. The maximum absolute atomic E-state index is 11.2. The minimum atomic E-state index is 0.373. The van der Waals surface area contributed by atoms with Gasteiger partial charge in [0.15, 0.2) is 5.78 Å². The first-order valence-electron chi connectivity index (χ1n) is 4.57. The Morgan fingerprint density at radius 3 is 3.09 bits per heavy atom. The van der Waals surface area contributed by atoms with Crippen molar-refractivity contribution in [3.8, 4) is 0 Å². The molecule has 0 radical (unpaired) electrons. The van der Waals surface area contributed by atoms with Gasteiger partial charge < -0.3 is 0 Å². The van der Waals surface area contributed by atoms with Gasteiger partial charge in [0.05, 0.1) is 0 Å². The first-order valence-corrected chi connectivity index (χ1v) is 4.57. The summed E-state index contributed by atoms with van der Waals surface area (Å²) in [6, 6.07) is 0. The monoisotopic (exact) mass is 150 g/mol. The van der Waals surface area contributed by atoms with E-state index in [1.54, 1.807) is 0 Å². The number of carbonyl (C=O) groups excluding carboxylic acids is 1. The molecular formula is C10H14O. The lowest BCUT2D eigenvalue weighted by Gasteiger charge is -2.17. The summed E-state index contributed by atoms with van der Waals surface area (Å²) >= 11 is 0. The van der Waals surface area contributed by atoms with E-state index in [1.165, 1.54) is 37.7 Å². The van der Waals surface area contributed by atoms with E-state index in [9.17, 15) is 4.79 Å². The Kier molecular flexibility index (Phi) is 1.80. The van der Waals surface area contributed by atoms with E-state index in [1.807, 2.05) is 6.08 Å². The summed E-state index contributed by atoms with van der Waals surface area (Å²) in [7, 11) is 0. The summed E-state index contributed by atoms with van der Waals surface area (Å²) in [6.07, 6.45) is 9.02. The van der Waals surface area contributed by atoms with Gasteiger partial charge in [-0.05, 0) is 37.7 Å². The van der Waals surface area contributed by atoms with Crippen molar-refractivity contribution in [3.05, 3.63) is 11.6 Å². The Labute approximate surface area is 67.5 Å². The van der Waals surface area contributed by atoms with Crippen molar-refractivity contribution < 1.29 is 4.79 Å². The van der Waals surface area contributed by atoms with Crippen LogP contribution in [0.15, 0.2) is 11.6 Å². The second-order valence-corrected chi connectivity index (χ2v) is 3.79. The van der Waals surface area contributed by atoms with E-state index in [2.05, 4.69) is 0 Å². The van der Waals surface area contributed by atoms with Gasteiger partial charge in [0, 0.05) is 6.42 Å². The van der Waals surface area contributed by atoms with Gasteiger partial charge in [0.1, 0.15) is 0 Å². The third-order valence-corrected chi connectivity index (χ3v) is 2.77. The smallest absolute Gasteiger partial charge is 0.155 e. The molecule has 60 valence electrons. The van der Waals surface area contributed by atoms with Crippen LogP contribution in [0.2, 0.25) is 0 Å². The molecule has 1 saturated carbocycles. The predicted molar refractivity (Wildman–Crippen MR) is 44.3 cm³/mol. The number of carbonyl (C=O) groups is 1. The largest absolute Gasteiger partial charge is 0.295 e. The first kappa shape index (κ1) is 7.08. The molecule has 2 bridgehead atoms. The van der Waals surface area contributed by atoms with Crippen LogP contribution in [-0.2, 0) is 4.79 Å². The van der Waals surface area contributed by atoms with Gasteiger partial charge in [-0.3, -0.25) is 4.79 Å². The summed E-state index contributed by atoms with van der Waals surface area (Å²) in [6.45, 7) is 0. The van der Waals surface area contributed by atoms with Crippen molar-refractivity contribution in [2.45, 2.75) is 38.5 Å². The minimum Gasteiger partial charge on any atom is -0.295 e. The molecule has 1 heteroatoms. The molecule has 0 aromatic rings. The van der Waals surface area contributed by atoms with Crippen LogP contribution in [0.25, 0.3) is 0 Å². The van der Waals surface area contributed by atoms with Crippen LogP contribution in [0.1, 0.15) is 38.5 Å². The molecule has 2 aliphatic carbocycles. The average molecular weight is 150 g/mol. The predicted octanol–water partition coefficient (Wildman–Crippen LogP) is 2.47. The highest BCUT2D eigenvalue weighted by atomic mass is 16.1. The quantitative estimate of drug-likeness (QED) is 0.518. The van der Waals surface area contributed by atoms with Crippen LogP contribution in [-0.4, -0.2) is 5.78 Å². The lowest BCUT2D eigenvalue weighted by molar-refractivity contribution is -0.115. The molecule has 0 N–H and O–H groups in total. The molecule has 0 aliphatic heterocycles. The zero-order valence-corrected chi connectivity index (χ0v) is 6.81. The summed E-state index contributed by atoms with van der Waals surface area (Å²) in [4.78, 5) is 11.2. The van der Waals surface area contributed by atoms with Crippen LogP contribution in [0.3, 0.4) is 0 Å². The van der Waals surface area contributed by atoms with Crippen molar-refractivity contribution in [2.75, 3.05) is 0 Å². The fourth-order valence-corrected chi connectivity index (χ4v) is 2.24. The van der Waals surface area contributed by atoms with Gasteiger partial charge in [-0.1, -0.05) is 12.0 Å². The van der Waals surface area contributed by atoms with Gasteiger partial charge in [-0.2, -0.15) is 0 Å². The van der Waals surface area contributed by atoms with Crippen molar-refractivity contribution in [1.29, 1.82) is 0 Å². The molecule has 0 saturated heterocycles. The fourth-order valence-electron chi connectivity index (χ4n) is 2.24. The lowest BCUT2D eigenvalue weighted by atomic mass is 9.87. The van der Waals surface area contributed by atoms with Gasteiger partial charge in [-0.15, -0.1) is 0 Å². The first-order chi connectivity index (χ1) is 5.34. The molecule has 11 heavy (non-hydrogen) atoms. The van der Waals surface area contributed by atoms with E-state index < -0.39 is 0 Å². The van der Waals surface area contributed by atoms with E-state index >= 15 is 0 Å². The summed E-state index contributed by atoms with van der Waals surface area (Å²) in [5, 5.41) is 0. The maximum atomic E-state index is 11.2. The van der Waals surface area contributed by atoms with Crippen LogP contribution in [0.4, 0.5) is 0 Å². The molecule has 0 amide bonds. The van der Waals surface area contributed by atoms with Gasteiger partial charge >= 0.3 is 0 Å². The van der Waals surface area contributed by atoms with Crippen molar-refractivity contribution >= 4 is 5.78 Å². The van der Waals surface area contributed by atoms with Crippen LogP contribution in [0.5, 0.6) is 0 Å². The molecule has 1 atom stereocenters. The Morgan fingerprint density at radius 2 is 2.18 bits per heavy atom. The Morgan fingerprint density at radius 1 is 1.27 bits per heavy atom. The molecule has 0 aromatic heterocycles.